The lowest BCUT2D eigenvalue weighted by atomic mass is 10.1. The minimum atomic E-state index is -0.0899. The minimum Gasteiger partial charge on any atom is -0.346 e. The number of para-hydroxylation sites is 1. The Hall–Kier alpha value is -3.21. The molecule has 0 saturated heterocycles. The third-order valence-corrected chi connectivity index (χ3v) is 4.49. The van der Waals surface area contributed by atoms with Crippen LogP contribution >= 0.6 is 0 Å². The van der Waals surface area contributed by atoms with Crippen LogP contribution in [0.1, 0.15) is 18.9 Å². The number of pyridine rings is 1. The van der Waals surface area contributed by atoms with Crippen LogP contribution in [0.25, 0.3) is 33.7 Å². The molecule has 0 atom stereocenters. The number of nitrogens with zero attached hydrogens (tertiary/aromatic N) is 3. The largest absolute Gasteiger partial charge is 0.346 e. The summed E-state index contributed by atoms with van der Waals surface area (Å²) >= 11 is 0. The smallest absolute Gasteiger partial charge is 0.263 e. The molecule has 0 fully saturated rings. The van der Waals surface area contributed by atoms with Crippen molar-refractivity contribution in [2.45, 2.75) is 26.8 Å². The highest BCUT2D eigenvalue weighted by atomic mass is 16.5. The number of hydrogen-bond acceptors (Lipinski definition) is 4. The van der Waals surface area contributed by atoms with E-state index in [1.165, 1.54) is 0 Å². The second kappa shape index (κ2) is 6.59. The van der Waals surface area contributed by atoms with Crippen molar-refractivity contribution in [3.63, 3.8) is 0 Å². The predicted octanol–water partition coefficient (Wildman–Crippen LogP) is 4.44. The molecule has 0 saturated carbocycles. The second-order valence-electron chi connectivity index (χ2n) is 6.32. The first kappa shape index (κ1) is 16.3. The molecule has 0 spiro atoms. The van der Waals surface area contributed by atoms with E-state index in [0.29, 0.717) is 16.8 Å². The number of fused-ring (bicyclic) bond motifs is 1. The van der Waals surface area contributed by atoms with E-state index in [1.807, 2.05) is 61.7 Å². The van der Waals surface area contributed by atoms with Crippen molar-refractivity contribution < 1.29 is 4.52 Å². The van der Waals surface area contributed by atoms with Gasteiger partial charge in [0.1, 0.15) is 5.56 Å². The van der Waals surface area contributed by atoms with Crippen molar-refractivity contribution in [3.05, 3.63) is 70.5 Å². The van der Waals surface area contributed by atoms with Crippen LogP contribution in [0.5, 0.6) is 0 Å². The van der Waals surface area contributed by atoms with E-state index in [1.54, 1.807) is 0 Å². The van der Waals surface area contributed by atoms with Crippen LogP contribution in [-0.4, -0.2) is 14.7 Å². The summed E-state index contributed by atoms with van der Waals surface area (Å²) in [6.07, 6.45) is 2.79. The fourth-order valence-electron chi connectivity index (χ4n) is 3.19. The lowest BCUT2D eigenvalue weighted by Crippen LogP contribution is -2.12. The molecule has 2 aromatic heterocycles. The van der Waals surface area contributed by atoms with Crippen LogP contribution in [0, 0.1) is 6.92 Å². The molecule has 4 aromatic rings. The molecule has 5 heteroatoms. The highest BCUT2D eigenvalue weighted by Crippen LogP contribution is 2.24. The number of aryl methyl sites for hydroxylation is 2. The lowest BCUT2D eigenvalue weighted by Gasteiger charge is -2.11. The number of rotatable bonds is 4. The van der Waals surface area contributed by atoms with E-state index in [2.05, 4.69) is 21.6 Å². The standard InChI is InChI=1S/C21H19N3O2/c1-3-12-24-13-17(19(25)16-10-6-7-11-18(16)24)21-22-20(23-26-21)15-9-5-4-8-14(15)2/h4-11,13H,3,12H2,1-2H3. The van der Waals surface area contributed by atoms with E-state index in [-0.39, 0.29) is 11.3 Å². The van der Waals surface area contributed by atoms with E-state index in [9.17, 15) is 4.79 Å². The molecule has 0 radical (unpaired) electrons. The van der Waals surface area contributed by atoms with Gasteiger partial charge in [0.15, 0.2) is 0 Å². The van der Waals surface area contributed by atoms with Crippen LogP contribution in [-0.2, 0) is 6.54 Å². The van der Waals surface area contributed by atoms with E-state index in [4.69, 9.17) is 4.52 Å². The maximum Gasteiger partial charge on any atom is 0.263 e. The van der Waals surface area contributed by atoms with Gasteiger partial charge in [0, 0.05) is 23.7 Å². The number of hydrogen-bond donors (Lipinski definition) is 0. The van der Waals surface area contributed by atoms with Gasteiger partial charge in [-0.15, -0.1) is 0 Å². The average Bonchev–Trinajstić information content (AvgIpc) is 3.14. The molecule has 2 aromatic carbocycles. The Morgan fingerprint density at radius 3 is 2.62 bits per heavy atom. The van der Waals surface area contributed by atoms with E-state index < -0.39 is 0 Å². The molecule has 5 nitrogen and oxygen atoms in total. The summed E-state index contributed by atoms with van der Waals surface area (Å²) in [5.41, 5.74) is 3.22. The molecular weight excluding hydrogens is 326 g/mol. The normalized spacial score (nSPS) is 11.2. The molecule has 0 aliphatic carbocycles. The van der Waals surface area contributed by atoms with Crippen LogP contribution in [0.15, 0.2) is 64.0 Å². The second-order valence-corrected chi connectivity index (χ2v) is 6.32. The zero-order valence-electron chi connectivity index (χ0n) is 14.8. The number of aromatic nitrogens is 3. The molecule has 0 aliphatic rings. The van der Waals surface area contributed by atoms with Crippen LogP contribution in [0.2, 0.25) is 0 Å². The van der Waals surface area contributed by atoms with Gasteiger partial charge < -0.3 is 9.09 Å². The molecule has 0 N–H and O–H groups in total. The van der Waals surface area contributed by atoms with Crippen molar-refractivity contribution in [1.82, 2.24) is 14.7 Å². The van der Waals surface area contributed by atoms with Crippen molar-refractivity contribution in [2.24, 2.45) is 0 Å². The first-order valence-corrected chi connectivity index (χ1v) is 8.71. The zero-order valence-corrected chi connectivity index (χ0v) is 14.8. The van der Waals surface area contributed by atoms with Crippen LogP contribution < -0.4 is 5.43 Å². The van der Waals surface area contributed by atoms with Crippen LogP contribution in [0.3, 0.4) is 0 Å². The Balaban J connectivity index is 1.89. The lowest BCUT2D eigenvalue weighted by molar-refractivity contribution is 0.431. The Bertz CT molecular complexity index is 1140. The molecule has 0 amide bonds. The summed E-state index contributed by atoms with van der Waals surface area (Å²) in [4.78, 5) is 17.4. The predicted molar refractivity (Wildman–Crippen MR) is 102 cm³/mol. The maximum absolute atomic E-state index is 13.0. The van der Waals surface area contributed by atoms with Gasteiger partial charge in [-0.3, -0.25) is 4.79 Å². The summed E-state index contributed by atoms with van der Waals surface area (Å²) in [6.45, 7) is 4.91. The molecule has 0 bridgehead atoms. The zero-order chi connectivity index (χ0) is 18.1. The summed E-state index contributed by atoms with van der Waals surface area (Å²) in [5.74, 6) is 0.747. The summed E-state index contributed by atoms with van der Waals surface area (Å²) < 4.78 is 7.52. The quantitative estimate of drug-likeness (QED) is 0.549. The summed E-state index contributed by atoms with van der Waals surface area (Å²) in [7, 11) is 0. The third-order valence-electron chi connectivity index (χ3n) is 4.49. The Morgan fingerprint density at radius 2 is 1.81 bits per heavy atom. The molecule has 2 heterocycles. The monoisotopic (exact) mass is 345 g/mol. The highest BCUT2D eigenvalue weighted by Gasteiger charge is 2.17. The van der Waals surface area contributed by atoms with Gasteiger partial charge in [-0.05, 0) is 31.0 Å². The summed E-state index contributed by atoms with van der Waals surface area (Å²) in [5, 5.41) is 4.75. The first-order valence-electron chi connectivity index (χ1n) is 8.71. The Labute approximate surface area is 150 Å². The van der Waals surface area contributed by atoms with Gasteiger partial charge in [-0.2, -0.15) is 4.98 Å². The molecular formula is C21H19N3O2. The van der Waals surface area contributed by atoms with Crippen molar-refractivity contribution in [2.75, 3.05) is 0 Å². The SMILES string of the molecule is CCCn1cc(-c2nc(-c3ccccc3C)no2)c(=O)c2ccccc21. The van der Waals surface area contributed by atoms with Gasteiger partial charge >= 0.3 is 0 Å². The fraction of sp³-hybridized carbons (Fsp3) is 0.190. The Morgan fingerprint density at radius 1 is 1.04 bits per heavy atom. The number of benzene rings is 2. The van der Waals surface area contributed by atoms with Gasteiger partial charge in [-0.1, -0.05) is 48.5 Å². The third kappa shape index (κ3) is 2.71. The Kier molecular flexibility index (Phi) is 4.13. The summed E-state index contributed by atoms with van der Waals surface area (Å²) in [6, 6.07) is 15.5. The minimum absolute atomic E-state index is 0.0899. The van der Waals surface area contributed by atoms with Crippen LogP contribution in [0.4, 0.5) is 0 Å². The first-order chi connectivity index (χ1) is 12.7. The van der Waals surface area contributed by atoms with Crippen molar-refractivity contribution >= 4 is 10.9 Å². The van der Waals surface area contributed by atoms with Gasteiger partial charge in [-0.25, -0.2) is 0 Å². The van der Waals surface area contributed by atoms with Crippen molar-refractivity contribution in [3.8, 4) is 22.8 Å². The molecule has 0 unspecified atom stereocenters. The van der Waals surface area contributed by atoms with Crippen molar-refractivity contribution in [1.29, 1.82) is 0 Å². The maximum atomic E-state index is 13.0. The fourth-order valence-corrected chi connectivity index (χ4v) is 3.19. The van der Waals surface area contributed by atoms with Gasteiger partial charge in [0.25, 0.3) is 5.89 Å². The van der Waals surface area contributed by atoms with Gasteiger partial charge in [0.05, 0.1) is 5.52 Å². The van der Waals surface area contributed by atoms with E-state index >= 15 is 0 Å². The highest BCUT2D eigenvalue weighted by molar-refractivity contribution is 5.82. The molecule has 4 rings (SSSR count). The molecule has 130 valence electrons. The van der Waals surface area contributed by atoms with E-state index in [0.717, 1.165) is 29.6 Å². The molecule has 0 aliphatic heterocycles. The van der Waals surface area contributed by atoms with Gasteiger partial charge in [0.2, 0.25) is 11.3 Å². The topological polar surface area (TPSA) is 60.9 Å². The average molecular weight is 345 g/mol. The molecule has 26 heavy (non-hydrogen) atoms.